The minimum Gasteiger partial charge on any atom is -0.476 e. The average molecular weight is 262 g/mol. The maximum atomic E-state index is 10.9. The highest BCUT2D eigenvalue weighted by Crippen LogP contribution is 2.09. The van der Waals surface area contributed by atoms with Gasteiger partial charge in [-0.15, -0.1) is 11.6 Å². The number of amides is 1. The lowest BCUT2D eigenvalue weighted by Crippen LogP contribution is -2.16. The van der Waals surface area contributed by atoms with Gasteiger partial charge < -0.3 is 14.4 Å². The van der Waals surface area contributed by atoms with Crippen LogP contribution in [0.25, 0.3) is 0 Å². The van der Waals surface area contributed by atoms with Crippen LogP contribution >= 0.6 is 11.6 Å². The Bertz CT molecular complexity index is 456. The van der Waals surface area contributed by atoms with Crippen LogP contribution in [0, 0.1) is 0 Å². The summed E-state index contributed by atoms with van der Waals surface area (Å²) < 4.78 is 4.81. The summed E-state index contributed by atoms with van der Waals surface area (Å²) in [6, 6.07) is -0.171. The zero-order valence-electron chi connectivity index (χ0n) is 8.64. The van der Waals surface area contributed by atoms with Gasteiger partial charge in [-0.2, -0.15) is 4.98 Å². The van der Waals surface area contributed by atoms with Gasteiger partial charge in [0.15, 0.2) is 0 Å². The van der Waals surface area contributed by atoms with Crippen molar-refractivity contribution in [3.8, 4) is 0 Å². The normalized spacial score (nSPS) is 11.1. The Morgan fingerprint density at radius 3 is 2.94 bits per heavy atom. The molecule has 0 unspecified atom stereocenters. The molecule has 0 bridgehead atoms. The van der Waals surface area contributed by atoms with E-state index >= 15 is 0 Å². The largest absolute Gasteiger partial charge is 0.476 e. The van der Waals surface area contributed by atoms with Crippen LogP contribution in [-0.2, 0) is 14.4 Å². The molecule has 0 aliphatic carbocycles. The van der Waals surface area contributed by atoms with Crippen molar-refractivity contribution in [1.29, 1.82) is 0 Å². The Kier molecular flexibility index (Phi) is 4.46. The van der Waals surface area contributed by atoms with Gasteiger partial charge in [-0.1, -0.05) is 5.16 Å². The van der Waals surface area contributed by atoms with E-state index < -0.39 is 17.6 Å². The zero-order chi connectivity index (χ0) is 12.8. The van der Waals surface area contributed by atoms with E-state index in [0.29, 0.717) is 0 Å². The first kappa shape index (κ1) is 13.0. The van der Waals surface area contributed by atoms with Gasteiger partial charge in [-0.05, 0) is 0 Å². The van der Waals surface area contributed by atoms with Gasteiger partial charge in [-0.25, -0.2) is 4.79 Å². The summed E-state index contributed by atoms with van der Waals surface area (Å²) in [6.45, 7) is 0. The summed E-state index contributed by atoms with van der Waals surface area (Å²) in [7, 11) is 1.19. The van der Waals surface area contributed by atoms with Gasteiger partial charge in [0, 0.05) is 0 Å². The van der Waals surface area contributed by atoms with E-state index in [9.17, 15) is 9.59 Å². The molecule has 0 atom stereocenters. The molecule has 1 heterocycles. The number of nitrogens with one attached hydrogen (secondary N) is 1. The number of nitrogens with zero attached hydrogens (tertiary/aromatic N) is 2. The lowest BCUT2D eigenvalue weighted by Gasteiger charge is -1.95. The van der Waals surface area contributed by atoms with E-state index in [1.807, 2.05) is 0 Å². The second-order valence-corrected chi connectivity index (χ2v) is 2.91. The Labute approximate surface area is 100 Å². The molecule has 1 aromatic heterocycles. The number of aromatic nitrogens is 1. The van der Waals surface area contributed by atoms with Crippen LogP contribution in [0.1, 0.15) is 5.69 Å². The topological polar surface area (TPSA) is 114 Å². The number of carboxylic acid groups (broad SMARTS) is 1. The monoisotopic (exact) mass is 261 g/mol. The SMILES string of the molecule is CO/N=C(\C(=O)O)c1coc(NC(=O)CCl)n1. The number of hydrogen-bond acceptors (Lipinski definition) is 6. The number of rotatable bonds is 5. The third-order valence-electron chi connectivity index (χ3n) is 1.50. The Morgan fingerprint density at radius 2 is 2.41 bits per heavy atom. The van der Waals surface area contributed by atoms with Gasteiger partial charge >= 0.3 is 12.0 Å². The van der Waals surface area contributed by atoms with Crippen molar-refractivity contribution in [3.63, 3.8) is 0 Å². The molecule has 17 heavy (non-hydrogen) atoms. The molecule has 0 aliphatic rings. The summed E-state index contributed by atoms with van der Waals surface area (Å²) in [5.74, 6) is -2.13. The van der Waals surface area contributed by atoms with E-state index in [-0.39, 0.29) is 17.6 Å². The first-order chi connectivity index (χ1) is 8.08. The fraction of sp³-hybridized carbons (Fsp3) is 0.250. The lowest BCUT2D eigenvalue weighted by molar-refractivity contribution is -0.129. The molecular formula is C8H8ClN3O5. The highest BCUT2D eigenvalue weighted by Gasteiger charge is 2.19. The molecule has 0 saturated heterocycles. The summed E-state index contributed by atoms with van der Waals surface area (Å²) in [4.78, 5) is 29.7. The number of carboxylic acids is 1. The lowest BCUT2D eigenvalue weighted by atomic mass is 10.3. The van der Waals surface area contributed by atoms with E-state index in [4.69, 9.17) is 21.1 Å². The van der Waals surface area contributed by atoms with Crippen molar-refractivity contribution in [2.75, 3.05) is 18.3 Å². The first-order valence-electron chi connectivity index (χ1n) is 4.24. The standard InChI is InChI=1S/C8H8ClN3O5/c1-16-12-6(7(14)15)4-3-17-8(10-4)11-5(13)2-9/h3H,2H2,1H3,(H,14,15)(H,10,11,13)/b12-6-. The van der Waals surface area contributed by atoms with Gasteiger partial charge in [0.05, 0.1) is 0 Å². The van der Waals surface area contributed by atoms with Crippen molar-refractivity contribution < 1.29 is 24.0 Å². The number of halogens is 1. The molecule has 0 aromatic carbocycles. The fourth-order valence-corrected chi connectivity index (χ4v) is 0.946. The summed E-state index contributed by atoms with van der Waals surface area (Å²) >= 11 is 5.25. The number of anilines is 1. The highest BCUT2D eigenvalue weighted by atomic mass is 35.5. The molecule has 92 valence electrons. The highest BCUT2D eigenvalue weighted by molar-refractivity contribution is 6.41. The quantitative estimate of drug-likeness (QED) is 0.447. The van der Waals surface area contributed by atoms with Crippen LogP contribution in [0.2, 0.25) is 0 Å². The van der Waals surface area contributed by atoms with Gasteiger partial charge in [0.25, 0.3) is 0 Å². The van der Waals surface area contributed by atoms with Gasteiger partial charge in [-0.3, -0.25) is 10.1 Å². The molecule has 1 aromatic rings. The van der Waals surface area contributed by atoms with E-state index in [0.717, 1.165) is 6.26 Å². The number of aliphatic carboxylic acids is 1. The number of oxime groups is 1. The molecule has 9 heteroatoms. The molecule has 0 aliphatic heterocycles. The number of carbonyl (C=O) groups is 2. The minimum absolute atomic E-state index is 0.0794. The summed E-state index contributed by atoms with van der Waals surface area (Å²) in [6.07, 6.45) is 1.02. The molecule has 0 fully saturated rings. The second kappa shape index (κ2) is 5.85. The van der Waals surface area contributed by atoms with Crippen molar-refractivity contribution in [1.82, 2.24) is 4.98 Å². The predicted molar refractivity (Wildman–Crippen MR) is 57.0 cm³/mol. The van der Waals surface area contributed by atoms with Gasteiger partial charge in [0.1, 0.15) is 24.9 Å². The zero-order valence-corrected chi connectivity index (χ0v) is 9.39. The van der Waals surface area contributed by atoms with Crippen LogP contribution in [0.15, 0.2) is 15.8 Å². The van der Waals surface area contributed by atoms with Crippen LogP contribution in [0.3, 0.4) is 0 Å². The summed E-state index contributed by atoms with van der Waals surface area (Å²) in [5, 5.41) is 14.3. The number of hydrogen-bond donors (Lipinski definition) is 2. The van der Waals surface area contributed by atoms with Crippen molar-refractivity contribution in [3.05, 3.63) is 12.0 Å². The van der Waals surface area contributed by atoms with Crippen LogP contribution < -0.4 is 5.32 Å². The molecule has 0 spiro atoms. The molecule has 8 nitrogen and oxygen atoms in total. The minimum atomic E-state index is -1.34. The Hall–Kier alpha value is -2.09. The second-order valence-electron chi connectivity index (χ2n) is 2.65. The third kappa shape index (κ3) is 3.45. The van der Waals surface area contributed by atoms with Gasteiger partial charge in [0.2, 0.25) is 11.6 Å². The number of alkyl halides is 1. The smallest absolute Gasteiger partial charge is 0.360 e. The van der Waals surface area contributed by atoms with E-state index in [1.54, 1.807) is 0 Å². The molecule has 0 saturated carbocycles. The molecular weight excluding hydrogens is 254 g/mol. The van der Waals surface area contributed by atoms with Crippen LogP contribution in [-0.4, -0.2) is 40.7 Å². The maximum absolute atomic E-state index is 10.9. The molecule has 2 N–H and O–H groups in total. The Balaban J connectivity index is 2.89. The molecule has 0 radical (unpaired) electrons. The number of carbonyl (C=O) groups excluding carboxylic acids is 1. The number of oxazole rings is 1. The van der Waals surface area contributed by atoms with Crippen LogP contribution in [0.5, 0.6) is 0 Å². The summed E-state index contributed by atoms with van der Waals surface area (Å²) in [5.41, 5.74) is -0.521. The predicted octanol–water partition coefficient (Wildman–Crippen LogP) is 0.287. The fourth-order valence-electron chi connectivity index (χ4n) is 0.879. The Morgan fingerprint density at radius 1 is 1.71 bits per heavy atom. The molecule has 1 amide bonds. The van der Waals surface area contributed by atoms with E-state index in [2.05, 4.69) is 20.3 Å². The van der Waals surface area contributed by atoms with Crippen molar-refractivity contribution in [2.24, 2.45) is 5.16 Å². The average Bonchev–Trinajstić information content (AvgIpc) is 2.73. The third-order valence-corrected chi connectivity index (χ3v) is 1.74. The van der Waals surface area contributed by atoms with Crippen molar-refractivity contribution >= 4 is 35.2 Å². The molecule has 1 rings (SSSR count). The first-order valence-corrected chi connectivity index (χ1v) is 4.78. The van der Waals surface area contributed by atoms with Crippen molar-refractivity contribution in [2.45, 2.75) is 0 Å². The maximum Gasteiger partial charge on any atom is 0.360 e. The van der Waals surface area contributed by atoms with Crippen LogP contribution in [0.4, 0.5) is 6.01 Å². The van der Waals surface area contributed by atoms with E-state index in [1.165, 1.54) is 7.11 Å².